The van der Waals surface area contributed by atoms with Crippen molar-refractivity contribution in [3.63, 3.8) is 0 Å². The summed E-state index contributed by atoms with van der Waals surface area (Å²) in [5.41, 5.74) is 5.85. The Labute approximate surface area is 279 Å². The molecule has 3 aromatic rings. The Kier molecular flexibility index (Phi) is 8.83. The van der Waals surface area contributed by atoms with Gasteiger partial charge in [0.1, 0.15) is 4.83 Å². The van der Waals surface area contributed by atoms with Crippen molar-refractivity contribution >= 4 is 33.4 Å². The number of thiophene rings is 1. The van der Waals surface area contributed by atoms with Crippen LogP contribution in [0.25, 0.3) is 21.5 Å². The monoisotopic (exact) mass is 643 g/mol. The van der Waals surface area contributed by atoms with Gasteiger partial charge >= 0.3 is 0 Å². The molecule has 6 heterocycles. The first-order valence-electron chi connectivity index (χ1n) is 18.0. The van der Waals surface area contributed by atoms with Crippen molar-refractivity contribution in [3.8, 4) is 11.3 Å². The number of nitrogens with one attached hydrogen (secondary N) is 1. The van der Waals surface area contributed by atoms with Gasteiger partial charge in [0.2, 0.25) is 11.8 Å². The van der Waals surface area contributed by atoms with Gasteiger partial charge in [-0.2, -0.15) is 0 Å². The average molecular weight is 644 g/mol. The molecule has 4 saturated heterocycles. The Morgan fingerprint density at radius 2 is 1.54 bits per heavy atom. The van der Waals surface area contributed by atoms with E-state index >= 15 is 0 Å². The number of aromatic nitrogens is 1. The number of fused-ring (bicyclic) bond motifs is 3. The SMILES string of the molecule is CCC(C(=O)N1CCCC1)N1CCN(CCc2c(-c3cc(C)cc(C)c3)[nH]c3sc(C(C)(C)C(=O)N4C5CCC4CC5)cc23)CC1. The summed E-state index contributed by atoms with van der Waals surface area (Å²) >= 11 is 1.77. The molecule has 1 unspecified atom stereocenters. The van der Waals surface area contributed by atoms with Crippen molar-refractivity contribution in [1.29, 1.82) is 0 Å². The van der Waals surface area contributed by atoms with Crippen molar-refractivity contribution in [2.45, 2.75) is 110 Å². The smallest absolute Gasteiger partial charge is 0.239 e. The number of piperazine rings is 1. The lowest BCUT2D eigenvalue weighted by Gasteiger charge is -2.39. The highest BCUT2D eigenvalue weighted by atomic mass is 32.1. The molecule has 248 valence electrons. The minimum atomic E-state index is -0.536. The van der Waals surface area contributed by atoms with E-state index in [1.54, 1.807) is 11.3 Å². The van der Waals surface area contributed by atoms with Crippen molar-refractivity contribution in [2.75, 3.05) is 45.8 Å². The molecule has 7 nitrogen and oxygen atoms in total. The molecule has 1 atom stereocenters. The van der Waals surface area contributed by atoms with Crippen LogP contribution in [-0.4, -0.2) is 100 Å². The first-order chi connectivity index (χ1) is 22.1. The van der Waals surface area contributed by atoms with E-state index in [2.05, 4.69) is 83.5 Å². The first kappa shape index (κ1) is 31.9. The molecule has 2 bridgehead atoms. The number of hydrogen-bond donors (Lipinski definition) is 1. The summed E-state index contributed by atoms with van der Waals surface area (Å²) in [4.78, 5) is 42.8. The molecule has 8 heteroatoms. The van der Waals surface area contributed by atoms with E-state index in [1.165, 1.54) is 68.7 Å². The zero-order valence-corrected chi connectivity index (χ0v) is 29.5. The molecule has 0 radical (unpaired) electrons. The molecular formula is C38H53N5O2S. The summed E-state index contributed by atoms with van der Waals surface area (Å²) in [6.45, 7) is 17.5. The van der Waals surface area contributed by atoms with Crippen LogP contribution in [0, 0.1) is 13.8 Å². The van der Waals surface area contributed by atoms with Gasteiger partial charge in [0.15, 0.2) is 0 Å². The molecule has 1 aromatic carbocycles. The Bertz CT molecular complexity index is 1550. The van der Waals surface area contributed by atoms with E-state index in [0.717, 1.165) is 71.5 Å². The number of benzene rings is 1. The van der Waals surface area contributed by atoms with E-state index in [1.807, 2.05) is 0 Å². The van der Waals surface area contributed by atoms with Crippen LogP contribution in [0.2, 0.25) is 0 Å². The predicted molar refractivity (Wildman–Crippen MR) is 189 cm³/mol. The molecule has 1 N–H and O–H groups in total. The molecule has 0 spiro atoms. The van der Waals surface area contributed by atoms with Crippen LogP contribution in [0.5, 0.6) is 0 Å². The molecule has 2 aromatic heterocycles. The fraction of sp³-hybridized carbons (Fsp3) is 0.632. The van der Waals surface area contributed by atoms with E-state index in [0.29, 0.717) is 23.9 Å². The lowest BCUT2D eigenvalue weighted by Crippen LogP contribution is -2.55. The number of carbonyl (C=O) groups is 2. The van der Waals surface area contributed by atoms with Crippen LogP contribution >= 0.6 is 11.3 Å². The summed E-state index contributed by atoms with van der Waals surface area (Å²) in [5, 5.41) is 1.28. The fourth-order valence-corrected chi connectivity index (χ4v) is 10.1. The van der Waals surface area contributed by atoms with Crippen molar-refractivity contribution in [2.24, 2.45) is 0 Å². The number of likely N-dealkylation sites (tertiary alicyclic amines) is 1. The second kappa shape index (κ2) is 12.7. The molecule has 2 amide bonds. The van der Waals surface area contributed by atoms with Gasteiger partial charge in [0.25, 0.3) is 0 Å². The highest BCUT2D eigenvalue weighted by Crippen LogP contribution is 2.44. The Hall–Kier alpha value is -2.68. The van der Waals surface area contributed by atoms with Crippen molar-refractivity contribution in [1.82, 2.24) is 24.6 Å². The summed E-state index contributed by atoms with van der Waals surface area (Å²) in [6.07, 6.45) is 8.80. The molecule has 7 rings (SSSR count). The molecule has 4 aliphatic rings. The van der Waals surface area contributed by atoms with Crippen LogP contribution in [-0.2, 0) is 21.4 Å². The largest absolute Gasteiger partial charge is 0.346 e. The number of amides is 2. The van der Waals surface area contributed by atoms with Crippen molar-refractivity contribution in [3.05, 3.63) is 45.8 Å². The lowest BCUT2D eigenvalue weighted by molar-refractivity contribution is -0.137. The Morgan fingerprint density at radius 1 is 0.913 bits per heavy atom. The number of aromatic amines is 1. The average Bonchev–Trinajstić information content (AvgIpc) is 3.88. The highest BCUT2D eigenvalue weighted by molar-refractivity contribution is 7.19. The standard InChI is InChI=1S/C38H53N5O2S/c1-6-32(36(44)42-14-7-8-15-42)41-19-17-40(18-20-41)16-13-30-31-24-33(38(4,5)37(45)43-28-9-10-29(43)12-11-28)46-35(31)39-34(30)27-22-25(2)21-26(3)23-27/h21-24,28-29,32,39H,6-20H2,1-5H3. The second-order valence-corrected chi connectivity index (χ2v) is 16.1. The summed E-state index contributed by atoms with van der Waals surface area (Å²) in [5.74, 6) is 0.650. The number of carbonyl (C=O) groups excluding carboxylic acids is 2. The van der Waals surface area contributed by atoms with Gasteiger partial charge in [0.05, 0.1) is 17.2 Å². The van der Waals surface area contributed by atoms with Gasteiger partial charge in [-0.3, -0.25) is 14.5 Å². The van der Waals surface area contributed by atoms with E-state index in [4.69, 9.17) is 0 Å². The molecule has 0 saturated carbocycles. The van der Waals surface area contributed by atoms with E-state index < -0.39 is 5.41 Å². The minimum absolute atomic E-state index is 0.0201. The molecule has 4 aliphatic heterocycles. The minimum Gasteiger partial charge on any atom is -0.346 e. The van der Waals surface area contributed by atoms with Crippen LogP contribution in [0.3, 0.4) is 0 Å². The number of nitrogens with zero attached hydrogens (tertiary/aromatic N) is 4. The zero-order chi connectivity index (χ0) is 32.2. The number of hydrogen-bond acceptors (Lipinski definition) is 5. The van der Waals surface area contributed by atoms with Gasteiger partial charge in [-0.1, -0.05) is 24.1 Å². The normalized spacial score (nSPS) is 23.2. The van der Waals surface area contributed by atoms with Gasteiger partial charge in [-0.05, 0) is 108 Å². The van der Waals surface area contributed by atoms with Gasteiger partial charge in [0, 0.05) is 68.2 Å². The molecule has 4 fully saturated rings. The zero-order valence-electron chi connectivity index (χ0n) is 28.7. The third-order valence-electron chi connectivity index (χ3n) is 11.6. The number of rotatable bonds is 9. The maximum atomic E-state index is 14.0. The Morgan fingerprint density at radius 3 is 2.15 bits per heavy atom. The summed E-state index contributed by atoms with van der Waals surface area (Å²) in [6, 6.07) is 10.1. The quantitative estimate of drug-likeness (QED) is 0.289. The molecular weight excluding hydrogens is 591 g/mol. The molecule has 46 heavy (non-hydrogen) atoms. The Balaban J connectivity index is 1.11. The van der Waals surface area contributed by atoms with Crippen molar-refractivity contribution < 1.29 is 9.59 Å². The third-order valence-corrected chi connectivity index (χ3v) is 12.9. The maximum Gasteiger partial charge on any atom is 0.239 e. The van der Waals surface area contributed by atoms with Gasteiger partial charge < -0.3 is 19.7 Å². The summed E-state index contributed by atoms with van der Waals surface area (Å²) < 4.78 is 0. The highest BCUT2D eigenvalue weighted by Gasteiger charge is 2.47. The maximum absolute atomic E-state index is 14.0. The predicted octanol–water partition coefficient (Wildman–Crippen LogP) is 6.51. The third kappa shape index (κ3) is 5.83. The summed E-state index contributed by atoms with van der Waals surface area (Å²) in [7, 11) is 0. The first-order valence-corrected chi connectivity index (χ1v) is 18.8. The van der Waals surface area contributed by atoms with Gasteiger partial charge in [-0.15, -0.1) is 11.3 Å². The van der Waals surface area contributed by atoms with E-state index in [9.17, 15) is 9.59 Å². The number of aryl methyl sites for hydroxylation is 2. The van der Waals surface area contributed by atoms with Gasteiger partial charge in [-0.25, -0.2) is 0 Å². The number of H-pyrrole nitrogens is 1. The van der Waals surface area contributed by atoms with Crippen LogP contribution < -0.4 is 0 Å². The van der Waals surface area contributed by atoms with Crippen LogP contribution in [0.4, 0.5) is 0 Å². The lowest BCUT2D eigenvalue weighted by atomic mass is 9.88. The van der Waals surface area contributed by atoms with Crippen LogP contribution in [0.15, 0.2) is 24.3 Å². The van der Waals surface area contributed by atoms with E-state index in [-0.39, 0.29) is 6.04 Å². The fourth-order valence-electron chi connectivity index (χ4n) is 8.94. The molecule has 0 aliphatic carbocycles. The van der Waals surface area contributed by atoms with Crippen LogP contribution in [0.1, 0.15) is 87.3 Å². The second-order valence-electron chi connectivity index (χ2n) is 15.1. The topological polar surface area (TPSA) is 62.9 Å².